The standard InChI is InChI=1S/C18H12ClNS2/c19-13-10-17-18(22-16-9-5-4-8-15(16)21-17)11-14(13)20-12-6-2-1-3-7-12/h1-11,20H. The highest BCUT2D eigenvalue weighted by Crippen LogP contribution is 2.50. The molecule has 0 atom stereocenters. The zero-order valence-corrected chi connectivity index (χ0v) is 13.9. The topological polar surface area (TPSA) is 12.0 Å². The highest BCUT2D eigenvalue weighted by Gasteiger charge is 2.18. The summed E-state index contributed by atoms with van der Waals surface area (Å²) in [5.74, 6) is 0. The Labute approximate surface area is 143 Å². The Morgan fingerprint density at radius 2 is 1.27 bits per heavy atom. The van der Waals surface area contributed by atoms with Crippen LogP contribution in [0.5, 0.6) is 0 Å². The molecule has 0 spiro atoms. The van der Waals surface area contributed by atoms with E-state index in [1.807, 2.05) is 30.3 Å². The lowest BCUT2D eigenvalue weighted by molar-refractivity contribution is 1.16. The van der Waals surface area contributed by atoms with Crippen molar-refractivity contribution in [3.8, 4) is 0 Å². The van der Waals surface area contributed by atoms with Crippen LogP contribution in [0.3, 0.4) is 0 Å². The first-order chi connectivity index (χ1) is 10.8. The number of benzene rings is 3. The van der Waals surface area contributed by atoms with Crippen molar-refractivity contribution in [2.24, 2.45) is 0 Å². The van der Waals surface area contributed by atoms with Crippen molar-refractivity contribution in [3.63, 3.8) is 0 Å². The molecule has 108 valence electrons. The lowest BCUT2D eigenvalue weighted by atomic mass is 10.2. The molecule has 1 aliphatic heterocycles. The first kappa shape index (κ1) is 14.1. The third-order valence-corrected chi connectivity index (χ3v) is 6.21. The van der Waals surface area contributed by atoms with E-state index >= 15 is 0 Å². The fourth-order valence-corrected chi connectivity index (χ4v) is 4.88. The van der Waals surface area contributed by atoms with E-state index in [0.717, 1.165) is 16.4 Å². The SMILES string of the molecule is Clc1cc2c(cc1Nc1ccccc1)Sc1ccccc1S2. The Balaban J connectivity index is 1.70. The zero-order valence-electron chi connectivity index (χ0n) is 11.5. The molecular weight excluding hydrogens is 330 g/mol. The van der Waals surface area contributed by atoms with Crippen molar-refractivity contribution >= 4 is 46.5 Å². The molecule has 22 heavy (non-hydrogen) atoms. The molecule has 0 saturated heterocycles. The summed E-state index contributed by atoms with van der Waals surface area (Å²) in [6, 6.07) is 22.7. The van der Waals surface area contributed by atoms with Crippen molar-refractivity contribution in [2.45, 2.75) is 19.6 Å². The molecule has 1 N–H and O–H groups in total. The fourth-order valence-electron chi connectivity index (χ4n) is 2.32. The van der Waals surface area contributed by atoms with E-state index in [0.29, 0.717) is 0 Å². The minimum Gasteiger partial charge on any atom is -0.354 e. The number of nitrogens with one attached hydrogen (secondary N) is 1. The third-order valence-electron chi connectivity index (χ3n) is 3.38. The molecule has 0 fully saturated rings. The summed E-state index contributed by atoms with van der Waals surface area (Å²) in [5, 5.41) is 4.14. The number of anilines is 2. The Morgan fingerprint density at radius 1 is 0.682 bits per heavy atom. The first-order valence-electron chi connectivity index (χ1n) is 6.90. The van der Waals surface area contributed by atoms with Gasteiger partial charge in [-0.25, -0.2) is 0 Å². The smallest absolute Gasteiger partial charge is 0.0653 e. The fraction of sp³-hybridized carbons (Fsp3) is 0. The predicted molar refractivity (Wildman–Crippen MR) is 95.9 cm³/mol. The predicted octanol–water partition coefficient (Wildman–Crippen LogP) is 6.70. The van der Waals surface area contributed by atoms with Gasteiger partial charge in [-0.1, -0.05) is 65.5 Å². The largest absolute Gasteiger partial charge is 0.354 e. The first-order valence-corrected chi connectivity index (χ1v) is 8.91. The molecule has 3 aromatic carbocycles. The summed E-state index contributed by atoms with van der Waals surface area (Å²) >= 11 is 10.0. The van der Waals surface area contributed by atoms with Gasteiger partial charge in [-0.05, 0) is 36.4 Å². The van der Waals surface area contributed by atoms with Crippen molar-refractivity contribution in [3.05, 3.63) is 71.8 Å². The van der Waals surface area contributed by atoms with Crippen LogP contribution in [0.15, 0.2) is 86.3 Å². The number of rotatable bonds is 2. The maximum Gasteiger partial charge on any atom is 0.0653 e. The van der Waals surface area contributed by atoms with Gasteiger partial charge in [-0.15, -0.1) is 0 Å². The molecule has 4 heteroatoms. The van der Waals surface area contributed by atoms with Crippen molar-refractivity contribution in [1.29, 1.82) is 0 Å². The number of fused-ring (bicyclic) bond motifs is 2. The van der Waals surface area contributed by atoms with Gasteiger partial charge in [0.1, 0.15) is 0 Å². The van der Waals surface area contributed by atoms with Crippen LogP contribution in [-0.4, -0.2) is 0 Å². The summed E-state index contributed by atoms with van der Waals surface area (Å²) in [6.45, 7) is 0. The Morgan fingerprint density at radius 3 is 1.95 bits per heavy atom. The van der Waals surface area contributed by atoms with Crippen LogP contribution in [0.25, 0.3) is 0 Å². The normalized spacial score (nSPS) is 12.4. The molecule has 3 aromatic rings. The van der Waals surface area contributed by atoms with E-state index in [1.54, 1.807) is 23.5 Å². The Bertz CT molecular complexity index is 830. The highest BCUT2D eigenvalue weighted by atomic mass is 35.5. The number of halogens is 1. The van der Waals surface area contributed by atoms with Crippen LogP contribution in [0.4, 0.5) is 11.4 Å². The molecular formula is C18H12ClNS2. The van der Waals surface area contributed by atoms with Crippen LogP contribution in [-0.2, 0) is 0 Å². The van der Waals surface area contributed by atoms with E-state index in [2.05, 4.69) is 41.7 Å². The molecule has 1 aliphatic rings. The summed E-state index contributed by atoms with van der Waals surface area (Å²) in [6.07, 6.45) is 0. The van der Waals surface area contributed by atoms with Crippen LogP contribution < -0.4 is 5.32 Å². The van der Waals surface area contributed by atoms with Gasteiger partial charge in [0, 0.05) is 25.3 Å². The van der Waals surface area contributed by atoms with Crippen LogP contribution in [0.2, 0.25) is 5.02 Å². The molecule has 0 aliphatic carbocycles. The average molecular weight is 342 g/mol. The molecule has 0 saturated carbocycles. The summed E-state index contributed by atoms with van der Waals surface area (Å²) in [7, 11) is 0. The number of hydrogen-bond acceptors (Lipinski definition) is 3. The van der Waals surface area contributed by atoms with Gasteiger partial charge in [-0.3, -0.25) is 0 Å². The van der Waals surface area contributed by atoms with E-state index in [1.165, 1.54) is 19.6 Å². The molecule has 0 radical (unpaired) electrons. The second-order valence-electron chi connectivity index (χ2n) is 4.92. The second kappa shape index (κ2) is 5.92. The monoisotopic (exact) mass is 341 g/mol. The maximum atomic E-state index is 6.45. The van der Waals surface area contributed by atoms with Crippen molar-refractivity contribution < 1.29 is 0 Å². The number of hydrogen-bond donors (Lipinski definition) is 1. The van der Waals surface area contributed by atoms with Gasteiger partial charge in [0.2, 0.25) is 0 Å². The third kappa shape index (κ3) is 2.72. The van der Waals surface area contributed by atoms with E-state index in [9.17, 15) is 0 Å². The van der Waals surface area contributed by atoms with Gasteiger partial charge in [0.15, 0.2) is 0 Å². The van der Waals surface area contributed by atoms with Gasteiger partial charge >= 0.3 is 0 Å². The molecule has 1 nitrogen and oxygen atoms in total. The van der Waals surface area contributed by atoms with E-state index in [4.69, 9.17) is 11.6 Å². The highest BCUT2D eigenvalue weighted by molar-refractivity contribution is 8.05. The van der Waals surface area contributed by atoms with Crippen LogP contribution in [0, 0.1) is 0 Å². The minimum atomic E-state index is 0.745. The van der Waals surface area contributed by atoms with Crippen LogP contribution >= 0.6 is 35.1 Å². The average Bonchev–Trinajstić information content (AvgIpc) is 2.55. The van der Waals surface area contributed by atoms with E-state index < -0.39 is 0 Å². The van der Waals surface area contributed by atoms with Crippen molar-refractivity contribution in [2.75, 3.05) is 5.32 Å². The number of para-hydroxylation sites is 1. The molecule has 0 aromatic heterocycles. The minimum absolute atomic E-state index is 0.745. The van der Waals surface area contributed by atoms with Gasteiger partial charge in [0.05, 0.1) is 10.7 Å². The Hall–Kier alpha value is -1.55. The summed E-state index contributed by atoms with van der Waals surface area (Å²) in [4.78, 5) is 5.05. The van der Waals surface area contributed by atoms with Crippen LogP contribution in [0.1, 0.15) is 0 Å². The second-order valence-corrected chi connectivity index (χ2v) is 7.50. The maximum absolute atomic E-state index is 6.45. The molecule has 1 heterocycles. The quantitative estimate of drug-likeness (QED) is 0.435. The molecule has 0 amide bonds. The van der Waals surface area contributed by atoms with Gasteiger partial charge in [0.25, 0.3) is 0 Å². The van der Waals surface area contributed by atoms with Gasteiger partial charge < -0.3 is 5.32 Å². The molecule has 0 bridgehead atoms. The Kier molecular flexibility index (Phi) is 3.78. The molecule has 4 rings (SSSR count). The lowest BCUT2D eigenvalue weighted by Crippen LogP contribution is -1.95. The van der Waals surface area contributed by atoms with Gasteiger partial charge in [-0.2, -0.15) is 0 Å². The van der Waals surface area contributed by atoms with E-state index in [-0.39, 0.29) is 0 Å². The molecule has 0 unspecified atom stereocenters. The lowest BCUT2D eigenvalue weighted by Gasteiger charge is -2.20. The summed E-state index contributed by atoms with van der Waals surface area (Å²) < 4.78 is 0. The summed E-state index contributed by atoms with van der Waals surface area (Å²) in [5.41, 5.74) is 1.98. The van der Waals surface area contributed by atoms with Crippen molar-refractivity contribution in [1.82, 2.24) is 0 Å². The zero-order chi connectivity index (χ0) is 14.9.